The van der Waals surface area contributed by atoms with Gasteiger partial charge in [-0.25, -0.2) is 0 Å². The zero-order valence-electron chi connectivity index (χ0n) is 13.7. The average molecular weight is 304 g/mol. The van der Waals surface area contributed by atoms with Gasteiger partial charge in [0.1, 0.15) is 6.10 Å². The Hall–Kier alpha value is -0.670. The van der Waals surface area contributed by atoms with E-state index >= 15 is 0 Å². The lowest BCUT2D eigenvalue weighted by Crippen LogP contribution is -2.50. The highest BCUT2D eigenvalue weighted by molar-refractivity contribution is 5.91. The van der Waals surface area contributed by atoms with Crippen LogP contribution in [0.3, 0.4) is 0 Å². The molecular formula is C19H28O3. The second kappa shape index (κ2) is 4.67. The molecule has 0 saturated heterocycles. The van der Waals surface area contributed by atoms with Crippen molar-refractivity contribution in [1.29, 1.82) is 0 Å². The van der Waals surface area contributed by atoms with Gasteiger partial charge in [0.15, 0.2) is 5.78 Å². The largest absolute Gasteiger partial charge is 0.393 e. The third-order valence-electron chi connectivity index (χ3n) is 7.81. The molecule has 4 rings (SSSR count). The van der Waals surface area contributed by atoms with E-state index in [2.05, 4.69) is 19.9 Å². The van der Waals surface area contributed by atoms with Crippen LogP contribution in [0.1, 0.15) is 58.8 Å². The molecule has 0 heterocycles. The van der Waals surface area contributed by atoms with E-state index in [-0.39, 0.29) is 22.7 Å². The molecule has 0 aromatic rings. The van der Waals surface area contributed by atoms with Crippen LogP contribution in [0.15, 0.2) is 11.6 Å². The van der Waals surface area contributed by atoms with Crippen molar-refractivity contribution in [2.75, 3.05) is 0 Å². The monoisotopic (exact) mass is 304 g/mol. The number of hydrogen-bond donors (Lipinski definition) is 2. The van der Waals surface area contributed by atoms with Gasteiger partial charge in [-0.1, -0.05) is 25.5 Å². The first-order valence-electron chi connectivity index (χ1n) is 8.96. The van der Waals surface area contributed by atoms with Crippen LogP contribution >= 0.6 is 0 Å². The number of allylic oxidation sites excluding steroid dienone is 1. The van der Waals surface area contributed by atoms with Gasteiger partial charge in [-0.3, -0.25) is 4.79 Å². The summed E-state index contributed by atoms with van der Waals surface area (Å²) in [6.07, 6.45) is 8.00. The van der Waals surface area contributed by atoms with Crippen LogP contribution < -0.4 is 0 Å². The summed E-state index contributed by atoms with van der Waals surface area (Å²) < 4.78 is 0. The second-order valence-electron chi connectivity index (χ2n) is 8.73. The summed E-state index contributed by atoms with van der Waals surface area (Å²) in [6.45, 7) is 4.48. The molecule has 0 bridgehead atoms. The average Bonchev–Trinajstić information content (AvgIpc) is 2.72. The highest BCUT2D eigenvalue weighted by atomic mass is 16.3. The van der Waals surface area contributed by atoms with E-state index in [1.54, 1.807) is 0 Å². The van der Waals surface area contributed by atoms with Crippen LogP contribution in [0.5, 0.6) is 0 Å². The Morgan fingerprint density at radius 1 is 1.09 bits per heavy atom. The van der Waals surface area contributed by atoms with Gasteiger partial charge >= 0.3 is 0 Å². The van der Waals surface area contributed by atoms with Crippen molar-refractivity contribution in [1.82, 2.24) is 0 Å². The zero-order chi connectivity index (χ0) is 15.7. The van der Waals surface area contributed by atoms with Crippen molar-refractivity contribution in [2.45, 2.75) is 71.0 Å². The Kier molecular flexibility index (Phi) is 3.16. The number of aliphatic hydroxyl groups excluding tert-OH is 2. The number of carbonyl (C=O) groups excluding carboxylic acids is 1. The Bertz CT molecular complexity index is 539. The second-order valence-corrected chi connectivity index (χ2v) is 8.73. The van der Waals surface area contributed by atoms with Crippen molar-refractivity contribution >= 4 is 5.78 Å². The minimum absolute atomic E-state index is 0.0925. The topological polar surface area (TPSA) is 57.5 Å². The predicted octanol–water partition coefficient (Wildman–Crippen LogP) is 2.85. The van der Waals surface area contributed by atoms with E-state index in [1.165, 1.54) is 5.57 Å². The maximum Gasteiger partial charge on any atom is 0.167 e. The summed E-state index contributed by atoms with van der Waals surface area (Å²) in [7, 11) is 0. The van der Waals surface area contributed by atoms with Gasteiger partial charge in [-0.15, -0.1) is 0 Å². The van der Waals surface area contributed by atoms with Gasteiger partial charge in [-0.05, 0) is 68.1 Å². The summed E-state index contributed by atoms with van der Waals surface area (Å²) in [5.41, 5.74) is 1.37. The molecule has 0 spiro atoms. The van der Waals surface area contributed by atoms with Gasteiger partial charge in [0.25, 0.3) is 0 Å². The SMILES string of the molecule is C[C@]12CC[C@H](O)CC1=CC[C@@H]1[C@H]3C[C@@H](O)C(=O)[C@@]3(C)CC[C@@H]12. The molecular weight excluding hydrogens is 276 g/mol. The smallest absolute Gasteiger partial charge is 0.167 e. The Morgan fingerprint density at radius 2 is 1.82 bits per heavy atom. The van der Waals surface area contributed by atoms with Gasteiger partial charge in [0.05, 0.1) is 6.10 Å². The van der Waals surface area contributed by atoms with Crippen LogP contribution in [0.2, 0.25) is 0 Å². The summed E-state index contributed by atoms with van der Waals surface area (Å²) in [4.78, 5) is 12.4. The van der Waals surface area contributed by atoms with Gasteiger partial charge in [0, 0.05) is 5.41 Å². The normalized spacial score (nSPS) is 54.3. The number of hydrogen-bond acceptors (Lipinski definition) is 3. The molecule has 122 valence electrons. The highest BCUT2D eigenvalue weighted by Crippen LogP contribution is 2.63. The first kappa shape index (κ1) is 14.9. The molecule has 3 fully saturated rings. The molecule has 0 unspecified atom stereocenters. The molecule has 4 aliphatic carbocycles. The fourth-order valence-electron chi connectivity index (χ4n) is 6.43. The number of rotatable bonds is 0. The van der Waals surface area contributed by atoms with Crippen LogP contribution in [0, 0.1) is 28.6 Å². The Morgan fingerprint density at radius 3 is 2.59 bits per heavy atom. The van der Waals surface area contributed by atoms with Gasteiger partial charge in [0.2, 0.25) is 0 Å². The van der Waals surface area contributed by atoms with Crippen molar-refractivity contribution < 1.29 is 15.0 Å². The van der Waals surface area contributed by atoms with E-state index < -0.39 is 6.10 Å². The first-order chi connectivity index (χ1) is 10.4. The molecule has 7 atom stereocenters. The van der Waals surface area contributed by atoms with Crippen molar-refractivity contribution in [3.8, 4) is 0 Å². The molecule has 2 N–H and O–H groups in total. The molecule has 4 aliphatic rings. The Labute approximate surface area is 132 Å². The van der Waals surface area contributed by atoms with E-state index in [9.17, 15) is 15.0 Å². The van der Waals surface area contributed by atoms with Crippen LogP contribution in [0.25, 0.3) is 0 Å². The summed E-state index contributed by atoms with van der Waals surface area (Å²) >= 11 is 0. The quantitative estimate of drug-likeness (QED) is 0.677. The molecule has 3 nitrogen and oxygen atoms in total. The molecule has 3 saturated carbocycles. The maximum atomic E-state index is 12.4. The molecule has 0 aromatic carbocycles. The molecule has 0 aromatic heterocycles. The minimum atomic E-state index is -0.736. The van der Waals surface area contributed by atoms with Crippen molar-refractivity contribution in [3.63, 3.8) is 0 Å². The fourth-order valence-corrected chi connectivity index (χ4v) is 6.43. The number of Topliss-reactive ketones (excluding diaryl/α,β-unsaturated/α-hetero) is 1. The lowest BCUT2D eigenvalue weighted by Gasteiger charge is -2.56. The number of fused-ring (bicyclic) bond motifs is 5. The molecule has 0 aliphatic heterocycles. The summed E-state index contributed by atoms with van der Waals surface area (Å²) in [5, 5.41) is 20.1. The number of aliphatic hydroxyl groups is 2. The van der Waals surface area contributed by atoms with E-state index in [0.717, 1.165) is 38.5 Å². The van der Waals surface area contributed by atoms with Crippen molar-refractivity contribution in [3.05, 3.63) is 11.6 Å². The van der Waals surface area contributed by atoms with E-state index in [4.69, 9.17) is 0 Å². The zero-order valence-corrected chi connectivity index (χ0v) is 13.7. The van der Waals surface area contributed by atoms with Crippen LogP contribution in [0.4, 0.5) is 0 Å². The van der Waals surface area contributed by atoms with Gasteiger partial charge < -0.3 is 10.2 Å². The van der Waals surface area contributed by atoms with Crippen LogP contribution in [-0.2, 0) is 4.79 Å². The molecule has 0 amide bonds. The van der Waals surface area contributed by atoms with E-state index in [1.807, 2.05) is 0 Å². The van der Waals surface area contributed by atoms with E-state index in [0.29, 0.717) is 24.2 Å². The van der Waals surface area contributed by atoms with Gasteiger partial charge in [-0.2, -0.15) is 0 Å². The first-order valence-corrected chi connectivity index (χ1v) is 8.96. The molecule has 0 radical (unpaired) electrons. The predicted molar refractivity (Wildman–Crippen MR) is 84.1 cm³/mol. The third-order valence-corrected chi connectivity index (χ3v) is 7.81. The van der Waals surface area contributed by atoms with Crippen LogP contribution in [-0.4, -0.2) is 28.2 Å². The minimum Gasteiger partial charge on any atom is -0.393 e. The summed E-state index contributed by atoms with van der Waals surface area (Å²) in [6, 6.07) is 0. The fraction of sp³-hybridized carbons (Fsp3) is 0.842. The lowest BCUT2D eigenvalue weighted by molar-refractivity contribution is -0.136. The van der Waals surface area contributed by atoms with Crippen molar-refractivity contribution in [2.24, 2.45) is 28.6 Å². The third kappa shape index (κ3) is 1.78. The standard InChI is InChI=1S/C19H28O3/c1-18-7-5-12(20)9-11(18)3-4-13-14(18)6-8-19(2)15(13)10-16(21)17(19)22/h3,12-16,20-21H,4-10H2,1-2H3/t12-,13-,14-,15+,16+,18-,19-/m0/s1. The maximum absolute atomic E-state index is 12.4. The lowest BCUT2D eigenvalue weighted by atomic mass is 9.48. The Balaban J connectivity index is 1.70. The molecule has 3 heteroatoms. The highest BCUT2D eigenvalue weighted by Gasteiger charge is 2.60. The molecule has 22 heavy (non-hydrogen) atoms. The number of carbonyl (C=O) groups is 1. The summed E-state index contributed by atoms with van der Waals surface area (Å²) in [5.74, 6) is 1.59. The number of ketones is 1.